The fourth-order valence-corrected chi connectivity index (χ4v) is 8.74. The van der Waals surface area contributed by atoms with Crippen molar-refractivity contribution in [1.82, 2.24) is 42.1 Å². The lowest BCUT2D eigenvalue weighted by Gasteiger charge is -2.31. The maximum atomic E-state index is 14.7. The van der Waals surface area contributed by atoms with Crippen molar-refractivity contribution in [3.8, 4) is 5.75 Å². The Kier molecular flexibility index (Phi) is 23.9. The molecule has 2 aliphatic rings. The molecule has 2 aromatic rings. The minimum atomic E-state index is -1.50. The summed E-state index contributed by atoms with van der Waals surface area (Å²) < 4.78 is 0. The van der Waals surface area contributed by atoms with E-state index in [1.165, 1.54) is 17.0 Å². The van der Waals surface area contributed by atoms with E-state index in [9.17, 15) is 53.1 Å². The zero-order valence-corrected chi connectivity index (χ0v) is 43.3. The van der Waals surface area contributed by atoms with Crippen molar-refractivity contribution < 1.29 is 53.1 Å². The number of aromatic hydroxyl groups is 1. The summed E-state index contributed by atoms with van der Waals surface area (Å²) in [6.07, 6.45) is 0.371. The first-order valence-corrected chi connectivity index (χ1v) is 25.4. The summed E-state index contributed by atoms with van der Waals surface area (Å²) in [5.41, 5.74) is 33.9. The van der Waals surface area contributed by atoms with Crippen LogP contribution in [0, 0.1) is 5.92 Å². The number of nitrogens with one attached hydrogen (secondary N) is 7. The van der Waals surface area contributed by atoms with Gasteiger partial charge in [-0.15, -0.1) is 0 Å². The van der Waals surface area contributed by atoms with Gasteiger partial charge in [0, 0.05) is 38.9 Å². The molecule has 77 heavy (non-hydrogen) atoms. The number of nitrogens with zero attached hydrogens (tertiary/aromatic N) is 3. The first kappa shape index (κ1) is 61.0. The van der Waals surface area contributed by atoms with E-state index in [1.807, 2.05) is 13.8 Å². The first-order chi connectivity index (χ1) is 36.5. The van der Waals surface area contributed by atoms with E-state index in [0.29, 0.717) is 17.5 Å². The van der Waals surface area contributed by atoms with Crippen LogP contribution in [0.5, 0.6) is 5.75 Å². The van der Waals surface area contributed by atoms with E-state index < -0.39 is 108 Å². The van der Waals surface area contributed by atoms with E-state index in [1.54, 1.807) is 42.5 Å². The van der Waals surface area contributed by atoms with E-state index >= 15 is 0 Å². The Labute approximate surface area is 445 Å². The van der Waals surface area contributed by atoms with Gasteiger partial charge in [-0.3, -0.25) is 57.9 Å². The highest BCUT2D eigenvalue weighted by molar-refractivity contribution is 5.99. The largest absolute Gasteiger partial charge is 0.508 e. The van der Waals surface area contributed by atoms with Gasteiger partial charge in [-0.1, -0.05) is 56.3 Å². The Hall–Kier alpha value is -8.52. The lowest BCUT2D eigenvalue weighted by Crippen LogP contribution is -2.60. The van der Waals surface area contributed by atoms with Gasteiger partial charge in [0.1, 0.15) is 54.1 Å². The van der Waals surface area contributed by atoms with E-state index in [4.69, 9.17) is 34.4 Å². The molecule has 8 atom stereocenters. The van der Waals surface area contributed by atoms with E-state index in [2.05, 4.69) is 47.2 Å². The van der Waals surface area contributed by atoms with Crippen LogP contribution in [0.15, 0.2) is 64.6 Å². The number of carbonyl (C=O) groups is 10. The minimum absolute atomic E-state index is 0.0239. The second kappa shape index (κ2) is 30.1. The molecule has 0 bridgehead atoms. The SMILES string of the molecule is CC(C)C[C@H](NC(=O)[C@H](Cc1ccc(O)cc1)NC(=O)[C@@H]1CCC(=O)N1)C(=O)N[C@@H](Cc1ccccc1)C(=O)N[C@@H](CCCN=C(N)N)C(=O)N1CCC[C@H]1C(=O)N[C@@H](CCCN=C(N)N)C(=O)N[C@@H](CC(N)=O)C(N)=O. The number of aliphatic imine (C=N–C) groups is 2. The van der Waals surface area contributed by atoms with Gasteiger partial charge < -0.3 is 81.6 Å². The number of nitrogens with two attached hydrogens (primary N) is 6. The highest BCUT2D eigenvalue weighted by Gasteiger charge is 2.40. The topological polar surface area (TPSA) is 459 Å². The molecule has 0 spiro atoms. The van der Waals surface area contributed by atoms with Crippen LogP contribution >= 0.6 is 0 Å². The minimum Gasteiger partial charge on any atom is -0.508 e. The molecule has 420 valence electrons. The molecule has 2 aliphatic heterocycles. The Balaban J connectivity index is 1.62. The summed E-state index contributed by atoms with van der Waals surface area (Å²) in [5.74, 6) is -8.17. The predicted octanol–water partition coefficient (Wildman–Crippen LogP) is -4.13. The Bertz CT molecular complexity index is 2470. The molecule has 20 N–H and O–H groups in total. The van der Waals surface area contributed by atoms with Gasteiger partial charge in [0.25, 0.3) is 0 Å². The summed E-state index contributed by atoms with van der Waals surface area (Å²) in [5, 5.41) is 28.5. The fourth-order valence-electron chi connectivity index (χ4n) is 8.74. The smallest absolute Gasteiger partial charge is 0.245 e. The number of rotatable bonds is 30. The molecule has 27 heteroatoms. The molecule has 4 rings (SSSR count). The Morgan fingerprint density at radius 1 is 0.636 bits per heavy atom. The molecule has 0 unspecified atom stereocenters. The van der Waals surface area contributed by atoms with Crippen LogP contribution in [-0.4, -0.2) is 149 Å². The molecule has 2 heterocycles. The predicted molar refractivity (Wildman–Crippen MR) is 282 cm³/mol. The van der Waals surface area contributed by atoms with Gasteiger partial charge in [-0.05, 0) is 80.5 Å². The number of phenolic OH excluding ortho intramolecular Hbond substituents is 1. The van der Waals surface area contributed by atoms with Gasteiger partial charge in [-0.25, -0.2) is 0 Å². The van der Waals surface area contributed by atoms with Crippen molar-refractivity contribution in [3.63, 3.8) is 0 Å². The maximum absolute atomic E-state index is 14.7. The number of guanidine groups is 2. The number of amides is 10. The zero-order chi connectivity index (χ0) is 56.8. The quantitative estimate of drug-likeness (QED) is 0.0201. The number of carbonyl (C=O) groups excluding carboxylic acids is 10. The van der Waals surface area contributed by atoms with Crippen LogP contribution < -0.4 is 71.6 Å². The Morgan fingerprint density at radius 3 is 1.69 bits per heavy atom. The third kappa shape index (κ3) is 20.6. The molecule has 10 amide bonds. The lowest BCUT2D eigenvalue weighted by molar-refractivity contribution is -0.142. The van der Waals surface area contributed by atoms with Gasteiger partial charge >= 0.3 is 0 Å². The highest BCUT2D eigenvalue weighted by Crippen LogP contribution is 2.21. The highest BCUT2D eigenvalue weighted by atomic mass is 16.3. The van der Waals surface area contributed by atoms with Gasteiger partial charge in [0.15, 0.2) is 11.9 Å². The second-order valence-electron chi connectivity index (χ2n) is 19.4. The van der Waals surface area contributed by atoms with Crippen LogP contribution in [0.3, 0.4) is 0 Å². The normalized spacial score (nSPS) is 17.2. The molecular formula is C50H74N16O11. The van der Waals surface area contributed by atoms with Crippen molar-refractivity contribution in [1.29, 1.82) is 0 Å². The zero-order valence-electron chi connectivity index (χ0n) is 43.3. The lowest BCUT2D eigenvalue weighted by atomic mass is 9.99. The first-order valence-electron chi connectivity index (χ1n) is 25.4. The van der Waals surface area contributed by atoms with E-state index in [-0.39, 0.29) is 113 Å². The molecule has 0 aliphatic carbocycles. The summed E-state index contributed by atoms with van der Waals surface area (Å²) >= 11 is 0. The van der Waals surface area contributed by atoms with Crippen LogP contribution in [0.2, 0.25) is 0 Å². The number of phenols is 1. The third-order valence-corrected chi connectivity index (χ3v) is 12.6. The van der Waals surface area contributed by atoms with Crippen molar-refractivity contribution in [2.75, 3.05) is 19.6 Å². The Morgan fingerprint density at radius 2 is 1.14 bits per heavy atom. The van der Waals surface area contributed by atoms with Crippen molar-refractivity contribution in [3.05, 3.63) is 65.7 Å². The molecule has 27 nitrogen and oxygen atoms in total. The van der Waals surface area contributed by atoms with Gasteiger partial charge in [-0.2, -0.15) is 0 Å². The van der Waals surface area contributed by atoms with E-state index in [0.717, 1.165) is 0 Å². The summed E-state index contributed by atoms with van der Waals surface area (Å²) in [7, 11) is 0. The maximum Gasteiger partial charge on any atom is 0.245 e. The number of likely N-dealkylation sites (tertiary alicyclic amines) is 1. The van der Waals surface area contributed by atoms with Crippen LogP contribution in [0.25, 0.3) is 0 Å². The van der Waals surface area contributed by atoms with Crippen molar-refractivity contribution in [2.24, 2.45) is 50.3 Å². The number of hydrogen-bond donors (Lipinski definition) is 14. The molecule has 2 aromatic carbocycles. The molecule has 0 radical (unpaired) electrons. The molecular weight excluding hydrogens is 1000 g/mol. The van der Waals surface area contributed by atoms with Gasteiger partial charge in [0.2, 0.25) is 59.1 Å². The number of benzene rings is 2. The summed E-state index contributed by atoms with van der Waals surface area (Å²) in [6.45, 7) is 3.81. The van der Waals surface area contributed by atoms with Crippen molar-refractivity contribution >= 4 is 71.0 Å². The molecule has 0 aromatic heterocycles. The standard InChI is InChI=1S/C50H74N16O11/c1-27(2)23-35(63-46(75)37(25-29-14-16-30(67)17-15-29)64-43(72)32-18-19-40(69)59-32)44(73)65-36(24-28-9-4-3-5-10-28)45(74)61-33(12-7-21-58-50(55)56)48(77)66-22-8-13-38(66)47(76)60-31(11-6-20-57-49(53)54)42(71)62-34(41(52)70)26-39(51)68/h3-5,9-10,14-17,27,31-38,67H,6-8,11-13,18-26H2,1-2H3,(H2,51,68)(H2,52,70)(H,59,69)(H,60,76)(H,61,74)(H,62,71)(H,63,75)(H,64,72)(H,65,73)(H4,53,54,57)(H4,55,56,58)/t31-,32-,33-,34-,35-,36-,37-,38-/m0/s1. The van der Waals surface area contributed by atoms with Crippen LogP contribution in [0.1, 0.15) is 89.2 Å². The average Bonchev–Trinajstić information content (AvgIpc) is 4.05. The summed E-state index contributed by atoms with van der Waals surface area (Å²) in [6, 6.07) is 4.57. The molecule has 2 saturated heterocycles. The third-order valence-electron chi connectivity index (χ3n) is 12.6. The fraction of sp³-hybridized carbons (Fsp3) is 0.520. The van der Waals surface area contributed by atoms with Crippen molar-refractivity contribution in [2.45, 2.75) is 139 Å². The number of primary amides is 2. The monoisotopic (exact) mass is 1070 g/mol. The molecule has 0 saturated carbocycles. The van der Waals surface area contributed by atoms with Crippen LogP contribution in [-0.2, 0) is 60.8 Å². The summed E-state index contributed by atoms with van der Waals surface area (Å²) in [4.78, 5) is 144. The van der Waals surface area contributed by atoms with Gasteiger partial charge in [0.05, 0.1) is 6.42 Å². The second-order valence-corrected chi connectivity index (χ2v) is 19.4. The average molecular weight is 1080 g/mol. The number of hydrogen-bond acceptors (Lipinski definition) is 13. The van der Waals surface area contributed by atoms with Crippen LogP contribution in [0.4, 0.5) is 0 Å². The molecule has 2 fully saturated rings.